The lowest BCUT2D eigenvalue weighted by Crippen LogP contribution is -2.39. The average molecular weight is 549 g/mol. The van der Waals surface area contributed by atoms with Crippen molar-refractivity contribution in [1.29, 1.82) is 0 Å². The molecule has 3 aromatic heterocycles. The van der Waals surface area contributed by atoms with Crippen molar-refractivity contribution in [2.24, 2.45) is 0 Å². The molecule has 1 aliphatic heterocycles. The van der Waals surface area contributed by atoms with Crippen LogP contribution in [0.1, 0.15) is 11.1 Å². The Morgan fingerprint density at radius 1 is 0.900 bits per heavy atom. The maximum absolute atomic E-state index is 13.0. The summed E-state index contributed by atoms with van der Waals surface area (Å²) < 4.78 is 46.3. The number of imidazole rings is 1. The number of alkyl halides is 3. The molecule has 0 spiro atoms. The highest BCUT2D eigenvalue weighted by Gasteiger charge is 2.30. The van der Waals surface area contributed by atoms with Gasteiger partial charge in [-0.15, -0.1) is 0 Å². The van der Waals surface area contributed by atoms with Crippen LogP contribution in [0.4, 0.5) is 30.8 Å². The Bertz CT molecular complexity index is 1610. The van der Waals surface area contributed by atoms with Crippen LogP contribution in [0.25, 0.3) is 21.9 Å². The van der Waals surface area contributed by atoms with Crippen molar-refractivity contribution in [3.05, 3.63) is 78.2 Å². The third-order valence-electron chi connectivity index (χ3n) is 6.83. The number of pyridine rings is 1. The predicted octanol–water partition coefficient (Wildman–Crippen LogP) is 4.93. The fourth-order valence-electron chi connectivity index (χ4n) is 4.72. The van der Waals surface area contributed by atoms with Crippen LogP contribution in [0.5, 0.6) is 0 Å². The second kappa shape index (κ2) is 11.1. The number of fused-ring (bicyclic) bond motifs is 2. The maximum Gasteiger partial charge on any atom is 0.416 e. The van der Waals surface area contributed by atoms with Crippen LogP contribution in [-0.4, -0.2) is 68.8 Å². The molecular weight excluding hydrogens is 521 g/mol. The van der Waals surface area contributed by atoms with Gasteiger partial charge in [0.1, 0.15) is 5.82 Å². The van der Waals surface area contributed by atoms with Crippen molar-refractivity contribution < 1.29 is 17.9 Å². The minimum atomic E-state index is -4.38. The van der Waals surface area contributed by atoms with Gasteiger partial charge in [-0.2, -0.15) is 23.1 Å². The second-order valence-corrected chi connectivity index (χ2v) is 9.52. The van der Waals surface area contributed by atoms with E-state index in [0.29, 0.717) is 47.4 Å². The molecule has 9 nitrogen and oxygen atoms in total. The first-order valence-corrected chi connectivity index (χ1v) is 13.0. The minimum Gasteiger partial charge on any atom is -0.379 e. The SMILES string of the molecule is FC(F)(F)c1ccc(Cn2cnc3c(NCCN4CCOCC4)nc(Nc4nccc5ccccc45)nc32)cc1. The van der Waals surface area contributed by atoms with Gasteiger partial charge in [0.05, 0.1) is 31.6 Å². The van der Waals surface area contributed by atoms with Crippen LogP contribution in [0.15, 0.2) is 67.1 Å². The molecule has 4 heterocycles. The first-order chi connectivity index (χ1) is 19.4. The molecule has 0 unspecified atom stereocenters. The Hall–Kier alpha value is -4.29. The van der Waals surface area contributed by atoms with Crippen LogP contribution >= 0.6 is 0 Å². The van der Waals surface area contributed by atoms with E-state index in [2.05, 4.69) is 25.5 Å². The molecule has 0 bridgehead atoms. The number of halogens is 3. The summed E-state index contributed by atoms with van der Waals surface area (Å²) >= 11 is 0. The number of nitrogens with zero attached hydrogens (tertiary/aromatic N) is 6. The summed E-state index contributed by atoms with van der Waals surface area (Å²) in [5.41, 5.74) is 1.13. The van der Waals surface area contributed by atoms with Gasteiger partial charge < -0.3 is 19.9 Å². The minimum absolute atomic E-state index is 0.296. The highest BCUT2D eigenvalue weighted by molar-refractivity contribution is 5.93. The van der Waals surface area contributed by atoms with E-state index in [0.717, 1.165) is 55.8 Å². The largest absolute Gasteiger partial charge is 0.416 e. The Morgan fingerprint density at radius 2 is 1.70 bits per heavy atom. The number of hydrogen-bond donors (Lipinski definition) is 2. The van der Waals surface area contributed by atoms with E-state index >= 15 is 0 Å². The monoisotopic (exact) mass is 548 g/mol. The molecule has 0 radical (unpaired) electrons. The number of rotatable bonds is 8. The molecular formula is C28H27F3N8O. The van der Waals surface area contributed by atoms with Gasteiger partial charge in [-0.05, 0) is 29.1 Å². The van der Waals surface area contributed by atoms with Crippen LogP contribution < -0.4 is 10.6 Å². The molecule has 40 heavy (non-hydrogen) atoms. The first kappa shape index (κ1) is 26.0. The fraction of sp³-hybridized carbons (Fsp3) is 0.286. The van der Waals surface area contributed by atoms with E-state index in [-0.39, 0.29) is 0 Å². The van der Waals surface area contributed by atoms with Crippen molar-refractivity contribution in [2.45, 2.75) is 12.7 Å². The molecule has 0 amide bonds. The molecule has 206 valence electrons. The average Bonchev–Trinajstić information content (AvgIpc) is 3.36. The lowest BCUT2D eigenvalue weighted by atomic mass is 10.1. The van der Waals surface area contributed by atoms with Gasteiger partial charge in [0.25, 0.3) is 0 Å². The van der Waals surface area contributed by atoms with E-state index in [1.165, 1.54) is 12.1 Å². The second-order valence-electron chi connectivity index (χ2n) is 9.52. The van der Waals surface area contributed by atoms with Gasteiger partial charge in [0, 0.05) is 37.8 Å². The van der Waals surface area contributed by atoms with Crippen molar-refractivity contribution in [1.82, 2.24) is 29.4 Å². The third kappa shape index (κ3) is 5.68. The molecule has 1 aliphatic rings. The number of anilines is 3. The van der Waals surface area contributed by atoms with Crippen molar-refractivity contribution >= 4 is 39.5 Å². The summed E-state index contributed by atoms with van der Waals surface area (Å²) in [5.74, 6) is 1.51. The number of nitrogens with one attached hydrogen (secondary N) is 2. The zero-order chi connectivity index (χ0) is 27.5. The molecule has 0 saturated carbocycles. The molecule has 0 atom stereocenters. The fourth-order valence-corrected chi connectivity index (χ4v) is 4.72. The van der Waals surface area contributed by atoms with Crippen LogP contribution in [0.3, 0.4) is 0 Å². The standard InChI is InChI=1S/C28H27F3N8O/c29-28(30,31)21-7-5-19(6-8-21)17-39-18-34-23-25(33-11-12-38-13-15-40-16-14-38)36-27(37-26(23)39)35-24-22-4-2-1-3-20(22)9-10-32-24/h1-10,18H,11-17H2,(H2,32,33,35,36,37). The van der Waals surface area contributed by atoms with E-state index < -0.39 is 11.7 Å². The predicted molar refractivity (Wildman–Crippen MR) is 147 cm³/mol. The Labute approximate surface area is 228 Å². The molecule has 2 aromatic carbocycles. The van der Waals surface area contributed by atoms with E-state index in [9.17, 15) is 13.2 Å². The van der Waals surface area contributed by atoms with E-state index in [1.54, 1.807) is 17.1 Å². The lowest BCUT2D eigenvalue weighted by molar-refractivity contribution is -0.137. The van der Waals surface area contributed by atoms with Crippen molar-refractivity contribution in [2.75, 3.05) is 50.0 Å². The molecule has 0 aliphatic carbocycles. The van der Waals surface area contributed by atoms with E-state index in [1.807, 2.05) is 30.3 Å². The highest BCUT2D eigenvalue weighted by Crippen LogP contribution is 2.30. The molecule has 5 aromatic rings. The van der Waals surface area contributed by atoms with Gasteiger partial charge in [-0.25, -0.2) is 9.97 Å². The number of benzene rings is 2. The summed E-state index contributed by atoms with van der Waals surface area (Å²) in [5, 5.41) is 8.61. The maximum atomic E-state index is 13.0. The molecule has 12 heteroatoms. The number of hydrogen-bond acceptors (Lipinski definition) is 8. The number of morpholine rings is 1. The zero-order valence-electron chi connectivity index (χ0n) is 21.5. The number of aromatic nitrogens is 5. The van der Waals surface area contributed by atoms with Gasteiger partial charge in [-0.3, -0.25) is 4.90 Å². The Balaban J connectivity index is 1.32. The lowest BCUT2D eigenvalue weighted by Gasteiger charge is -2.26. The van der Waals surface area contributed by atoms with Gasteiger partial charge in [0.2, 0.25) is 5.95 Å². The van der Waals surface area contributed by atoms with Crippen molar-refractivity contribution in [3.63, 3.8) is 0 Å². The summed E-state index contributed by atoms with van der Waals surface area (Å²) in [6.45, 7) is 4.95. The number of ether oxygens (including phenoxy) is 1. The van der Waals surface area contributed by atoms with Gasteiger partial charge in [0.15, 0.2) is 17.0 Å². The van der Waals surface area contributed by atoms with Crippen LogP contribution in [0.2, 0.25) is 0 Å². The Morgan fingerprint density at radius 3 is 2.50 bits per heavy atom. The van der Waals surface area contributed by atoms with Gasteiger partial charge >= 0.3 is 6.18 Å². The molecule has 1 fully saturated rings. The smallest absolute Gasteiger partial charge is 0.379 e. The Kier molecular flexibility index (Phi) is 7.18. The highest BCUT2D eigenvalue weighted by atomic mass is 19.4. The normalized spacial score (nSPS) is 14.6. The topological polar surface area (TPSA) is 93.0 Å². The van der Waals surface area contributed by atoms with Crippen molar-refractivity contribution in [3.8, 4) is 0 Å². The van der Waals surface area contributed by atoms with Crippen LogP contribution in [0, 0.1) is 0 Å². The summed E-state index contributed by atoms with van der Waals surface area (Å²) in [6.07, 6.45) is -1.03. The summed E-state index contributed by atoms with van der Waals surface area (Å²) in [4.78, 5) is 20.8. The van der Waals surface area contributed by atoms with E-state index in [4.69, 9.17) is 14.7 Å². The molecule has 2 N–H and O–H groups in total. The molecule has 6 rings (SSSR count). The zero-order valence-corrected chi connectivity index (χ0v) is 21.5. The summed E-state index contributed by atoms with van der Waals surface area (Å²) in [6, 6.07) is 14.9. The third-order valence-corrected chi connectivity index (χ3v) is 6.83. The quantitative estimate of drug-likeness (QED) is 0.282. The summed E-state index contributed by atoms with van der Waals surface area (Å²) in [7, 11) is 0. The first-order valence-electron chi connectivity index (χ1n) is 13.0. The molecule has 1 saturated heterocycles. The van der Waals surface area contributed by atoms with Crippen LogP contribution in [-0.2, 0) is 17.5 Å². The van der Waals surface area contributed by atoms with Gasteiger partial charge in [-0.1, -0.05) is 36.4 Å².